The van der Waals surface area contributed by atoms with Gasteiger partial charge >= 0.3 is 18.0 Å². The van der Waals surface area contributed by atoms with E-state index in [1.807, 2.05) is 13.8 Å². The molecular formula is C37H59NO8. The monoisotopic (exact) mass is 645 g/mol. The maximum atomic E-state index is 13.6. The summed E-state index contributed by atoms with van der Waals surface area (Å²) in [5.74, 6) is 0.247. The third-order valence-corrected chi connectivity index (χ3v) is 12.6. The van der Waals surface area contributed by atoms with Crippen molar-refractivity contribution in [3.63, 3.8) is 0 Å². The number of Topliss-reactive ketones (excluding diaryl/α,β-unsaturated/α-hetero) is 2. The zero-order chi connectivity index (χ0) is 34.2. The Morgan fingerprint density at radius 2 is 1.57 bits per heavy atom. The number of hydrogen-bond acceptors (Lipinski definition) is 7. The minimum absolute atomic E-state index is 0.0895. The lowest BCUT2D eigenvalue weighted by molar-refractivity contribution is -0.169. The number of rotatable bonds is 11. The van der Waals surface area contributed by atoms with Crippen LogP contribution < -0.4 is 5.32 Å². The number of esters is 1. The Kier molecular flexibility index (Phi) is 11.0. The summed E-state index contributed by atoms with van der Waals surface area (Å²) in [7, 11) is 0. The third kappa shape index (κ3) is 7.81. The van der Waals surface area contributed by atoms with Crippen LogP contribution in [0.3, 0.4) is 0 Å². The minimum Gasteiger partial charge on any atom is -0.481 e. The molecule has 0 aliphatic heterocycles. The zero-order valence-electron chi connectivity index (χ0n) is 29.5. The summed E-state index contributed by atoms with van der Waals surface area (Å²) in [6, 6.07) is -1.08. The number of ketones is 2. The van der Waals surface area contributed by atoms with Gasteiger partial charge in [0.1, 0.15) is 17.5 Å². The minimum atomic E-state index is -1.08. The molecule has 4 fully saturated rings. The second-order valence-electron chi connectivity index (χ2n) is 16.9. The molecule has 2 N–H and O–H groups in total. The van der Waals surface area contributed by atoms with Crippen molar-refractivity contribution in [2.24, 2.45) is 52.3 Å². The fourth-order valence-corrected chi connectivity index (χ4v) is 10.2. The summed E-state index contributed by atoms with van der Waals surface area (Å²) >= 11 is 0. The van der Waals surface area contributed by atoms with Gasteiger partial charge in [-0.2, -0.15) is 0 Å². The standard InChI is InChI=1S/C37H59NO8/c1-21(2)26(20-31(40)30(13-14-32(41)42)38-34(44)46-35(4,5)6)33(43)45-24-15-17-36(7)23(19-24)9-10-25-28-12-11-27(22(3)39)37(28,8)18-16-29(25)36/h21,23-30H,9-20H2,1-8H3,(H,38,44)(H,41,42)/t23-,24+,25-,26-,27+,28-,29-,30-,36-,37+/m0/s1. The average Bonchev–Trinajstić information content (AvgIpc) is 3.30. The molecule has 10 atom stereocenters. The van der Waals surface area contributed by atoms with Crippen LogP contribution in [0.15, 0.2) is 0 Å². The van der Waals surface area contributed by atoms with E-state index >= 15 is 0 Å². The van der Waals surface area contributed by atoms with Gasteiger partial charge in [0.25, 0.3) is 0 Å². The molecule has 0 unspecified atom stereocenters. The quantitative estimate of drug-likeness (QED) is 0.226. The normalized spacial score (nSPS) is 35.2. The molecule has 0 radical (unpaired) electrons. The molecule has 1 amide bonds. The maximum Gasteiger partial charge on any atom is 0.408 e. The van der Waals surface area contributed by atoms with Crippen LogP contribution in [0.1, 0.15) is 132 Å². The molecule has 0 aromatic carbocycles. The van der Waals surface area contributed by atoms with E-state index < -0.39 is 41.4 Å². The van der Waals surface area contributed by atoms with Crippen LogP contribution in [0.2, 0.25) is 0 Å². The Labute approximate surface area is 275 Å². The number of amides is 1. The highest BCUT2D eigenvalue weighted by atomic mass is 16.6. The second-order valence-corrected chi connectivity index (χ2v) is 16.9. The van der Waals surface area contributed by atoms with Gasteiger partial charge in [0.15, 0.2) is 5.78 Å². The van der Waals surface area contributed by atoms with Gasteiger partial charge < -0.3 is 19.9 Å². The fraction of sp³-hybridized carbons (Fsp3) is 0.865. The maximum absolute atomic E-state index is 13.6. The number of hydrogen-bond donors (Lipinski definition) is 2. The lowest BCUT2D eigenvalue weighted by Crippen LogP contribution is -2.54. The van der Waals surface area contributed by atoms with Gasteiger partial charge in [-0.15, -0.1) is 0 Å². The lowest BCUT2D eigenvalue weighted by atomic mass is 9.44. The summed E-state index contributed by atoms with van der Waals surface area (Å²) in [6.45, 7) is 15.5. The van der Waals surface area contributed by atoms with E-state index in [2.05, 4.69) is 19.2 Å². The average molecular weight is 646 g/mol. The smallest absolute Gasteiger partial charge is 0.408 e. The van der Waals surface area contributed by atoms with Crippen LogP contribution in [0, 0.1) is 52.3 Å². The predicted octanol–water partition coefficient (Wildman–Crippen LogP) is 7.14. The van der Waals surface area contributed by atoms with Crippen LogP contribution in [0.25, 0.3) is 0 Å². The van der Waals surface area contributed by atoms with Crippen LogP contribution in [-0.4, -0.2) is 52.5 Å². The SMILES string of the molecule is CC(=O)[C@H]1CC[C@H]2[C@@H]3CC[C@H]4C[C@H](OC(=O)[C@@H](CC(=O)[C@H](CCC(=O)O)NC(=O)OC(C)(C)C)C(C)C)CC[C@]4(C)[C@H]3CC[C@]12C. The summed E-state index contributed by atoms with van der Waals surface area (Å²) in [6.07, 6.45) is 7.95. The topological polar surface area (TPSA) is 136 Å². The number of alkyl carbamates (subject to hydrolysis) is 1. The first-order valence-electron chi connectivity index (χ1n) is 17.8. The molecule has 0 aromatic heterocycles. The van der Waals surface area contributed by atoms with Crippen LogP contribution in [0.5, 0.6) is 0 Å². The van der Waals surface area contributed by atoms with Crippen molar-refractivity contribution in [3.8, 4) is 0 Å². The molecule has 4 aliphatic carbocycles. The Morgan fingerprint density at radius 1 is 0.913 bits per heavy atom. The summed E-state index contributed by atoms with van der Waals surface area (Å²) < 4.78 is 11.5. The van der Waals surface area contributed by atoms with E-state index in [0.29, 0.717) is 29.5 Å². The van der Waals surface area contributed by atoms with Gasteiger partial charge in [-0.3, -0.25) is 19.2 Å². The lowest BCUT2D eigenvalue weighted by Gasteiger charge is -2.61. The second kappa shape index (κ2) is 14.0. The van der Waals surface area contributed by atoms with E-state index in [1.165, 1.54) is 19.3 Å². The third-order valence-electron chi connectivity index (χ3n) is 12.6. The van der Waals surface area contributed by atoms with Gasteiger partial charge in [-0.1, -0.05) is 27.7 Å². The molecule has 0 saturated heterocycles. The van der Waals surface area contributed by atoms with Crippen LogP contribution in [-0.2, 0) is 28.7 Å². The summed E-state index contributed by atoms with van der Waals surface area (Å²) in [5.41, 5.74) is -0.433. The number of ether oxygens (including phenoxy) is 2. The predicted molar refractivity (Wildman–Crippen MR) is 174 cm³/mol. The summed E-state index contributed by atoms with van der Waals surface area (Å²) in [5, 5.41) is 11.7. The first-order valence-corrected chi connectivity index (χ1v) is 17.8. The molecule has 4 aliphatic rings. The van der Waals surface area contributed by atoms with E-state index in [9.17, 15) is 29.1 Å². The summed E-state index contributed by atoms with van der Waals surface area (Å²) in [4.78, 5) is 63.2. The number of carbonyl (C=O) groups excluding carboxylic acids is 4. The molecule has 9 nitrogen and oxygen atoms in total. The molecule has 0 spiro atoms. The van der Waals surface area contributed by atoms with Crippen molar-refractivity contribution in [2.75, 3.05) is 0 Å². The number of nitrogens with one attached hydrogen (secondary N) is 1. The Hall–Kier alpha value is -2.45. The molecule has 4 rings (SSSR count). The first-order chi connectivity index (χ1) is 21.4. The molecule has 9 heteroatoms. The molecule has 4 saturated carbocycles. The number of carboxylic acids is 1. The molecular weight excluding hydrogens is 586 g/mol. The molecule has 0 bridgehead atoms. The van der Waals surface area contributed by atoms with Gasteiger partial charge in [-0.25, -0.2) is 4.79 Å². The molecule has 46 heavy (non-hydrogen) atoms. The number of carbonyl (C=O) groups is 5. The van der Waals surface area contributed by atoms with Gasteiger partial charge in [0, 0.05) is 18.8 Å². The number of fused-ring (bicyclic) bond motifs is 5. The van der Waals surface area contributed by atoms with Crippen LogP contribution in [0.4, 0.5) is 4.79 Å². The Balaban J connectivity index is 1.38. The highest BCUT2D eigenvalue weighted by Crippen LogP contribution is 2.67. The van der Waals surface area contributed by atoms with Crippen LogP contribution >= 0.6 is 0 Å². The molecule has 0 aromatic rings. The van der Waals surface area contributed by atoms with Gasteiger partial charge in [0.2, 0.25) is 0 Å². The number of aliphatic carboxylic acids is 1. The van der Waals surface area contributed by atoms with Crippen molar-refractivity contribution >= 4 is 29.6 Å². The van der Waals surface area contributed by atoms with Crippen molar-refractivity contribution in [1.29, 1.82) is 0 Å². The zero-order valence-corrected chi connectivity index (χ0v) is 29.5. The Morgan fingerprint density at radius 3 is 2.17 bits per heavy atom. The van der Waals surface area contributed by atoms with Crippen molar-refractivity contribution in [2.45, 2.75) is 150 Å². The first kappa shape index (κ1) is 36.4. The van der Waals surface area contributed by atoms with Gasteiger partial charge in [-0.05, 0) is 132 Å². The Bertz CT molecular complexity index is 1170. The van der Waals surface area contributed by atoms with Crippen molar-refractivity contribution < 1.29 is 38.6 Å². The van der Waals surface area contributed by atoms with E-state index in [1.54, 1.807) is 27.7 Å². The van der Waals surface area contributed by atoms with E-state index in [-0.39, 0.29) is 48.0 Å². The number of carboxylic acid groups (broad SMARTS) is 1. The van der Waals surface area contributed by atoms with E-state index in [0.717, 1.165) is 38.5 Å². The van der Waals surface area contributed by atoms with Crippen molar-refractivity contribution in [1.82, 2.24) is 5.32 Å². The van der Waals surface area contributed by atoms with Crippen molar-refractivity contribution in [3.05, 3.63) is 0 Å². The van der Waals surface area contributed by atoms with E-state index in [4.69, 9.17) is 9.47 Å². The largest absolute Gasteiger partial charge is 0.481 e. The van der Waals surface area contributed by atoms with Gasteiger partial charge in [0.05, 0.1) is 12.0 Å². The highest BCUT2D eigenvalue weighted by molar-refractivity contribution is 5.91. The molecule has 0 heterocycles. The molecule has 260 valence electrons. The fourth-order valence-electron chi connectivity index (χ4n) is 10.2. The highest BCUT2D eigenvalue weighted by Gasteiger charge is 2.61.